The summed E-state index contributed by atoms with van der Waals surface area (Å²) in [5, 5.41) is -0.418. The van der Waals surface area contributed by atoms with E-state index in [1.807, 2.05) is 13.3 Å². The highest BCUT2D eigenvalue weighted by molar-refractivity contribution is 7.68. The van der Waals surface area contributed by atoms with E-state index in [2.05, 4.69) is 69.2 Å². The smallest absolute Gasteiger partial charge is 0.0905 e. The van der Waals surface area contributed by atoms with Gasteiger partial charge in [-0.15, -0.1) is 0 Å². The summed E-state index contributed by atoms with van der Waals surface area (Å²) in [6.07, 6.45) is 3.04. The zero-order valence-electron chi connectivity index (χ0n) is 18.5. The molecule has 0 aromatic carbocycles. The van der Waals surface area contributed by atoms with Crippen LogP contribution in [0.5, 0.6) is 0 Å². The van der Waals surface area contributed by atoms with Crippen molar-refractivity contribution in [3.63, 3.8) is 0 Å². The second kappa shape index (κ2) is 7.23. The molecule has 24 heavy (non-hydrogen) atoms. The molecule has 0 N–H and O–H groups in total. The third-order valence-electron chi connectivity index (χ3n) is 5.44. The average Bonchev–Trinajstić information content (AvgIpc) is 2.19. The third-order valence-corrected chi connectivity index (χ3v) is 13.4. The summed E-state index contributed by atoms with van der Waals surface area (Å²) in [6.45, 7) is 25.6. The summed E-state index contributed by atoms with van der Waals surface area (Å²) in [5.74, 6) is 0. The Morgan fingerprint density at radius 3 is 0.917 bits per heavy atom. The lowest BCUT2D eigenvalue weighted by atomic mass is 9.86. The van der Waals surface area contributed by atoms with Gasteiger partial charge in [0.05, 0.1) is 14.3 Å². The maximum Gasteiger partial charge on any atom is 0.0905 e. The predicted molar refractivity (Wildman–Crippen MR) is 113 cm³/mol. The molecule has 0 amide bonds. The zero-order valence-corrected chi connectivity index (χ0v) is 20.3. The molecule has 0 aromatic heterocycles. The second-order valence-electron chi connectivity index (χ2n) is 11.7. The number of hydrogen-bond acceptors (Lipinski definition) is 2. The maximum absolute atomic E-state index is 13.5. The minimum atomic E-state index is -2.38. The maximum atomic E-state index is 13.5. The van der Waals surface area contributed by atoms with Gasteiger partial charge in [0.15, 0.2) is 0 Å². The van der Waals surface area contributed by atoms with Gasteiger partial charge < -0.3 is 9.13 Å². The van der Waals surface area contributed by atoms with Crippen molar-refractivity contribution in [2.75, 3.05) is 25.7 Å². The first-order chi connectivity index (χ1) is 10.1. The molecule has 0 saturated heterocycles. The van der Waals surface area contributed by atoms with Crippen molar-refractivity contribution in [2.45, 2.75) is 92.4 Å². The molecule has 0 aliphatic heterocycles. The summed E-state index contributed by atoms with van der Waals surface area (Å²) in [6, 6.07) is 0. The van der Waals surface area contributed by atoms with Crippen LogP contribution in [-0.2, 0) is 9.13 Å². The van der Waals surface area contributed by atoms with E-state index in [0.717, 1.165) is 12.8 Å². The lowest BCUT2D eigenvalue weighted by Gasteiger charge is -2.40. The Balaban J connectivity index is 5.22. The fourth-order valence-corrected chi connectivity index (χ4v) is 9.80. The fraction of sp³-hybridized carbons (Fsp3) is 1.00. The Kier molecular flexibility index (Phi) is 7.37. The lowest BCUT2D eigenvalue weighted by Crippen LogP contribution is -2.31. The van der Waals surface area contributed by atoms with Gasteiger partial charge in [0.25, 0.3) is 0 Å². The summed E-state index contributed by atoms with van der Waals surface area (Å²) < 4.78 is 26.9. The summed E-state index contributed by atoms with van der Waals surface area (Å²) >= 11 is 0. The largest absolute Gasteiger partial charge is 0.323 e. The highest BCUT2D eigenvalue weighted by atomic mass is 31.2. The molecule has 0 spiro atoms. The molecule has 0 aliphatic carbocycles. The van der Waals surface area contributed by atoms with Gasteiger partial charge in [0, 0.05) is 22.6 Å². The Bertz CT molecular complexity index is 469. The molecule has 0 radical (unpaired) electrons. The van der Waals surface area contributed by atoms with Crippen molar-refractivity contribution in [3.8, 4) is 0 Å². The first-order valence-electron chi connectivity index (χ1n) is 9.25. The average molecular weight is 379 g/mol. The van der Waals surface area contributed by atoms with Crippen molar-refractivity contribution >= 4 is 14.3 Å². The molecule has 0 bridgehead atoms. The van der Waals surface area contributed by atoms with Crippen LogP contribution in [0.15, 0.2) is 0 Å². The van der Waals surface area contributed by atoms with Gasteiger partial charge in [-0.1, -0.05) is 69.2 Å². The number of hydrogen-bond donors (Lipinski definition) is 0. The van der Waals surface area contributed by atoms with Gasteiger partial charge in [0.1, 0.15) is 0 Å². The first-order valence-corrected chi connectivity index (χ1v) is 13.9. The minimum Gasteiger partial charge on any atom is -0.323 e. The molecule has 0 saturated carbocycles. The Morgan fingerprint density at radius 2 is 0.750 bits per heavy atom. The van der Waals surface area contributed by atoms with Crippen LogP contribution in [0.3, 0.4) is 0 Å². The summed E-state index contributed by atoms with van der Waals surface area (Å²) in [5.41, 5.74) is 0.299. The molecule has 0 aromatic rings. The van der Waals surface area contributed by atoms with E-state index in [9.17, 15) is 9.13 Å². The molecule has 2 nitrogen and oxygen atoms in total. The standard InChI is InChI=1S/C20H44O2P2/c1-17(2,3)15-19(7,8)23(11,21)13-14-24(12,22)20(9,10)16-18(4,5)6/h13-16H2,1-12H3/t23-,24?/m0/s1. The zero-order chi connectivity index (χ0) is 19.8. The van der Waals surface area contributed by atoms with Crippen LogP contribution in [0.4, 0.5) is 0 Å². The van der Waals surface area contributed by atoms with Crippen molar-refractivity contribution in [3.05, 3.63) is 0 Å². The van der Waals surface area contributed by atoms with Crippen LogP contribution in [0.1, 0.15) is 82.1 Å². The van der Waals surface area contributed by atoms with Crippen LogP contribution in [0, 0.1) is 10.8 Å². The summed E-state index contributed by atoms with van der Waals surface area (Å²) in [7, 11) is -4.76. The van der Waals surface area contributed by atoms with Gasteiger partial charge in [0.2, 0.25) is 0 Å². The molecule has 0 fully saturated rings. The lowest BCUT2D eigenvalue weighted by molar-refractivity contribution is 0.327. The molecule has 0 heterocycles. The van der Waals surface area contributed by atoms with E-state index in [4.69, 9.17) is 0 Å². The Morgan fingerprint density at radius 1 is 0.542 bits per heavy atom. The molecular weight excluding hydrogens is 334 g/mol. The van der Waals surface area contributed by atoms with Gasteiger partial charge in [-0.25, -0.2) is 0 Å². The molecule has 0 aliphatic rings. The number of rotatable bonds is 7. The minimum absolute atomic E-state index is 0.149. The molecule has 1 unspecified atom stereocenters. The van der Waals surface area contributed by atoms with Crippen molar-refractivity contribution in [1.82, 2.24) is 0 Å². The van der Waals surface area contributed by atoms with Crippen molar-refractivity contribution in [2.24, 2.45) is 10.8 Å². The highest BCUT2D eigenvalue weighted by Gasteiger charge is 2.43. The van der Waals surface area contributed by atoms with E-state index in [0.29, 0.717) is 12.3 Å². The van der Waals surface area contributed by atoms with E-state index < -0.39 is 14.3 Å². The Hall–Kier alpha value is 0.460. The van der Waals surface area contributed by atoms with E-state index in [1.54, 1.807) is 0 Å². The first kappa shape index (κ1) is 24.5. The van der Waals surface area contributed by atoms with E-state index in [1.165, 1.54) is 0 Å². The fourth-order valence-electron chi connectivity index (χ4n) is 3.92. The summed E-state index contributed by atoms with van der Waals surface area (Å²) in [4.78, 5) is 0. The normalized spacial score (nSPS) is 19.7. The highest BCUT2D eigenvalue weighted by Crippen LogP contribution is 2.64. The molecular formula is C20H44O2P2. The van der Waals surface area contributed by atoms with E-state index >= 15 is 0 Å². The van der Waals surface area contributed by atoms with E-state index in [-0.39, 0.29) is 21.1 Å². The quantitative estimate of drug-likeness (QED) is 0.432. The van der Waals surface area contributed by atoms with Gasteiger partial charge in [-0.2, -0.15) is 0 Å². The Labute approximate surface area is 152 Å². The molecule has 0 rings (SSSR count). The van der Waals surface area contributed by atoms with Gasteiger partial charge in [-0.05, 0) is 37.0 Å². The molecule has 2 atom stereocenters. The van der Waals surface area contributed by atoms with Crippen LogP contribution in [-0.4, -0.2) is 36.0 Å². The second-order valence-corrected chi connectivity index (χ2v) is 19.5. The third kappa shape index (κ3) is 7.37. The molecule has 4 heteroatoms. The van der Waals surface area contributed by atoms with Gasteiger partial charge >= 0.3 is 0 Å². The van der Waals surface area contributed by atoms with Crippen LogP contribution in [0.2, 0.25) is 0 Å². The van der Waals surface area contributed by atoms with Crippen LogP contribution in [0.25, 0.3) is 0 Å². The predicted octanol–water partition coefficient (Wildman–Crippen LogP) is 7.40. The van der Waals surface area contributed by atoms with Crippen molar-refractivity contribution < 1.29 is 9.13 Å². The van der Waals surface area contributed by atoms with Crippen LogP contribution < -0.4 is 0 Å². The molecule has 146 valence electrons. The van der Waals surface area contributed by atoms with Gasteiger partial charge in [-0.3, -0.25) is 0 Å². The van der Waals surface area contributed by atoms with Crippen molar-refractivity contribution in [1.29, 1.82) is 0 Å². The topological polar surface area (TPSA) is 34.1 Å². The monoisotopic (exact) mass is 378 g/mol. The SMILES string of the molecule is CC(C)(C)CC(C)(C)P(C)(=O)CC[P@](C)(=O)C(C)(C)CC(C)(C)C. The van der Waals surface area contributed by atoms with Crippen LogP contribution >= 0.6 is 14.3 Å².